The van der Waals surface area contributed by atoms with Crippen molar-refractivity contribution >= 4 is 27.8 Å². The molecule has 1 amide bonds. The number of piperidine rings is 1. The number of pyridine rings is 1. The summed E-state index contributed by atoms with van der Waals surface area (Å²) in [6.45, 7) is 1.47. The van der Waals surface area contributed by atoms with Gasteiger partial charge >= 0.3 is 0 Å². The maximum Gasteiger partial charge on any atom is 0.223 e. The molecule has 2 aliphatic rings. The van der Waals surface area contributed by atoms with Gasteiger partial charge in [0.15, 0.2) is 5.43 Å². The number of carbonyl (C=O) groups is 1. The van der Waals surface area contributed by atoms with Crippen LogP contribution in [0.15, 0.2) is 82.0 Å². The van der Waals surface area contributed by atoms with E-state index in [9.17, 15) is 14.7 Å². The molecular weight excluding hydrogens is 492 g/mol. The number of ether oxygens (including phenoxy) is 1. The Balaban J connectivity index is 1.47. The minimum atomic E-state index is -0.479. The number of aromatic hydroxyl groups is 1. The van der Waals surface area contributed by atoms with Crippen LogP contribution >= 0.6 is 0 Å². The number of phenols is 1. The lowest BCUT2D eigenvalue weighted by molar-refractivity contribution is -0.132. The van der Waals surface area contributed by atoms with Crippen LogP contribution in [0.2, 0.25) is 0 Å². The number of fused-ring (bicyclic) bond motifs is 5. The highest BCUT2D eigenvalue weighted by Crippen LogP contribution is 2.50. The molecule has 5 aromatic rings. The fraction of sp³-hybridized carbons (Fsp3) is 0.219. The molecule has 39 heavy (non-hydrogen) atoms. The highest BCUT2D eigenvalue weighted by Gasteiger charge is 2.36. The number of rotatable bonds is 3. The summed E-state index contributed by atoms with van der Waals surface area (Å²) in [6.07, 6.45) is 3.28. The van der Waals surface area contributed by atoms with Gasteiger partial charge in [-0.2, -0.15) is 0 Å². The van der Waals surface area contributed by atoms with Gasteiger partial charge in [0.25, 0.3) is 0 Å². The molecule has 0 spiro atoms. The predicted octanol–water partition coefficient (Wildman–Crippen LogP) is 6.35. The van der Waals surface area contributed by atoms with E-state index < -0.39 is 5.92 Å². The summed E-state index contributed by atoms with van der Waals surface area (Å²) in [5.74, 6) is 0.423. The Morgan fingerprint density at radius 1 is 0.974 bits per heavy atom. The molecule has 2 aliphatic heterocycles. The average Bonchev–Trinajstić information content (AvgIpc) is 2.96. The van der Waals surface area contributed by atoms with E-state index in [0.29, 0.717) is 23.0 Å². The number of benzene rings is 3. The molecule has 7 heteroatoms. The Bertz CT molecular complexity index is 1810. The van der Waals surface area contributed by atoms with Crippen LogP contribution in [0.4, 0.5) is 0 Å². The minimum absolute atomic E-state index is 0.0365. The molecular formula is C32H26N2O5. The second-order valence-electron chi connectivity index (χ2n) is 10.2. The van der Waals surface area contributed by atoms with Crippen molar-refractivity contribution in [1.29, 1.82) is 0 Å². The Kier molecular flexibility index (Phi) is 5.58. The number of likely N-dealkylation sites (tertiary alicyclic amines) is 1. The van der Waals surface area contributed by atoms with Crippen molar-refractivity contribution in [1.82, 2.24) is 9.88 Å². The highest BCUT2D eigenvalue weighted by atomic mass is 16.5. The van der Waals surface area contributed by atoms with Gasteiger partial charge in [-0.3, -0.25) is 9.59 Å². The van der Waals surface area contributed by atoms with E-state index >= 15 is 0 Å². The van der Waals surface area contributed by atoms with Crippen LogP contribution in [-0.2, 0) is 4.79 Å². The van der Waals surface area contributed by atoms with E-state index in [1.54, 1.807) is 0 Å². The van der Waals surface area contributed by atoms with Crippen LogP contribution in [0, 0.1) is 0 Å². The summed E-state index contributed by atoms with van der Waals surface area (Å²) in [7, 11) is 0. The van der Waals surface area contributed by atoms with Crippen LogP contribution in [0.5, 0.6) is 17.4 Å². The van der Waals surface area contributed by atoms with Crippen molar-refractivity contribution in [3.63, 3.8) is 0 Å². The molecule has 1 fully saturated rings. The first-order valence-electron chi connectivity index (χ1n) is 13.3. The lowest BCUT2D eigenvalue weighted by atomic mass is 9.84. The smallest absolute Gasteiger partial charge is 0.223 e. The fourth-order valence-corrected chi connectivity index (χ4v) is 5.84. The van der Waals surface area contributed by atoms with Crippen molar-refractivity contribution in [3.8, 4) is 28.7 Å². The van der Waals surface area contributed by atoms with E-state index in [1.165, 1.54) is 12.1 Å². The number of hydrogen-bond donors (Lipinski definition) is 1. The van der Waals surface area contributed by atoms with E-state index in [-0.39, 0.29) is 34.5 Å². The molecule has 194 valence electrons. The molecule has 0 radical (unpaired) electrons. The lowest BCUT2D eigenvalue weighted by Gasteiger charge is -2.31. The second-order valence-corrected chi connectivity index (χ2v) is 10.2. The summed E-state index contributed by atoms with van der Waals surface area (Å²) in [5.41, 5.74) is 2.70. The second kappa shape index (κ2) is 9.27. The SMILES string of the molecule is O=C(CC1c2cc3ccccc3nc2Oc2cc(O)c3c(=O)cc(-c4ccccc4)oc3c21)N1CCCCC1. The number of para-hydroxylation sites is 1. The molecule has 4 heterocycles. The third-order valence-electron chi connectivity index (χ3n) is 7.77. The number of aromatic nitrogens is 1. The van der Waals surface area contributed by atoms with Gasteiger partial charge in [0.05, 0.1) is 5.52 Å². The first-order valence-corrected chi connectivity index (χ1v) is 13.3. The third-order valence-corrected chi connectivity index (χ3v) is 7.77. The molecule has 7 nitrogen and oxygen atoms in total. The van der Waals surface area contributed by atoms with Crippen LogP contribution in [0.1, 0.15) is 42.7 Å². The molecule has 2 aromatic heterocycles. The highest BCUT2D eigenvalue weighted by molar-refractivity contribution is 5.92. The monoisotopic (exact) mass is 518 g/mol. The zero-order chi connectivity index (χ0) is 26.5. The Morgan fingerprint density at radius 3 is 2.56 bits per heavy atom. The largest absolute Gasteiger partial charge is 0.507 e. The van der Waals surface area contributed by atoms with Crippen molar-refractivity contribution in [2.45, 2.75) is 31.6 Å². The van der Waals surface area contributed by atoms with Gasteiger partial charge < -0.3 is 19.2 Å². The van der Waals surface area contributed by atoms with E-state index in [4.69, 9.17) is 14.1 Å². The number of nitrogens with zero attached hydrogens (tertiary/aromatic N) is 2. The molecule has 1 N–H and O–H groups in total. The number of hydrogen-bond acceptors (Lipinski definition) is 6. The van der Waals surface area contributed by atoms with Gasteiger partial charge in [-0.25, -0.2) is 4.98 Å². The Labute approximate surface area is 224 Å². The van der Waals surface area contributed by atoms with Crippen LogP contribution in [-0.4, -0.2) is 34.0 Å². The van der Waals surface area contributed by atoms with E-state index in [1.807, 2.05) is 65.6 Å². The van der Waals surface area contributed by atoms with Gasteiger partial charge in [-0.1, -0.05) is 48.5 Å². The normalized spacial score (nSPS) is 16.5. The van der Waals surface area contributed by atoms with Crippen LogP contribution in [0.25, 0.3) is 33.2 Å². The molecule has 0 saturated carbocycles. The molecule has 7 rings (SSSR count). The summed E-state index contributed by atoms with van der Waals surface area (Å²) in [6, 6.07) is 21.9. The third kappa shape index (κ3) is 4.02. The average molecular weight is 519 g/mol. The van der Waals surface area contributed by atoms with Crippen molar-refractivity contribution in [3.05, 3.63) is 94.1 Å². The summed E-state index contributed by atoms with van der Waals surface area (Å²) in [4.78, 5) is 33.6. The fourth-order valence-electron chi connectivity index (χ4n) is 5.84. The number of phenolic OH excluding ortho intramolecular Hbond substituents is 1. The molecule has 0 bridgehead atoms. The van der Waals surface area contributed by atoms with Crippen molar-refractivity contribution in [2.24, 2.45) is 0 Å². The summed E-state index contributed by atoms with van der Waals surface area (Å²) in [5, 5.41) is 11.9. The maximum absolute atomic E-state index is 13.6. The van der Waals surface area contributed by atoms with E-state index in [2.05, 4.69) is 0 Å². The maximum atomic E-state index is 13.6. The first kappa shape index (κ1) is 23.5. The minimum Gasteiger partial charge on any atom is -0.507 e. The molecule has 1 unspecified atom stereocenters. The number of amides is 1. The summed E-state index contributed by atoms with van der Waals surface area (Å²) < 4.78 is 12.6. The molecule has 1 saturated heterocycles. The standard InChI is InChI=1S/C32H26N2O5/c35-24-17-26(19-9-3-1-4-10-19)38-31-29-21(16-28(37)34-13-7-2-8-14-34)22-15-20-11-5-6-12-23(20)33-32(22)39-27(29)18-25(36)30(24)31/h1,3-6,9-12,15,17-18,21,36H,2,7-8,13-14,16H2. The summed E-state index contributed by atoms with van der Waals surface area (Å²) >= 11 is 0. The Hall–Kier alpha value is -4.65. The zero-order valence-electron chi connectivity index (χ0n) is 21.2. The van der Waals surface area contributed by atoms with Crippen LogP contribution < -0.4 is 10.2 Å². The van der Waals surface area contributed by atoms with Gasteiger partial charge in [0, 0.05) is 59.6 Å². The molecule has 1 atom stereocenters. The van der Waals surface area contributed by atoms with E-state index in [0.717, 1.165) is 54.4 Å². The van der Waals surface area contributed by atoms with Gasteiger partial charge in [-0.15, -0.1) is 0 Å². The zero-order valence-corrected chi connectivity index (χ0v) is 21.2. The number of carbonyl (C=O) groups excluding carboxylic acids is 1. The quantitative estimate of drug-likeness (QED) is 0.299. The van der Waals surface area contributed by atoms with Crippen molar-refractivity contribution in [2.75, 3.05) is 13.1 Å². The topological polar surface area (TPSA) is 92.9 Å². The lowest BCUT2D eigenvalue weighted by Crippen LogP contribution is -2.36. The first-order chi connectivity index (χ1) is 19.1. The van der Waals surface area contributed by atoms with Gasteiger partial charge in [-0.05, 0) is 31.4 Å². The molecule has 0 aliphatic carbocycles. The predicted molar refractivity (Wildman–Crippen MR) is 148 cm³/mol. The molecule has 3 aromatic carbocycles. The van der Waals surface area contributed by atoms with Gasteiger partial charge in [0.1, 0.15) is 28.2 Å². The van der Waals surface area contributed by atoms with Gasteiger partial charge in [0.2, 0.25) is 11.8 Å². The van der Waals surface area contributed by atoms with Crippen LogP contribution in [0.3, 0.4) is 0 Å². The van der Waals surface area contributed by atoms with Crippen molar-refractivity contribution < 1.29 is 19.1 Å². The Morgan fingerprint density at radius 2 is 1.74 bits per heavy atom.